The summed E-state index contributed by atoms with van der Waals surface area (Å²) in [5.74, 6) is 0.271. The van der Waals surface area contributed by atoms with Gasteiger partial charge in [0.05, 0.1) is 26.0 Å². The zero-order chi connectivity index (χ0) is 25.1. The number of ether oxygens (including phenoxy) is 3. The van der Waals surface area contributed by atoms with E-state index in [-0.39, 0.29) is 29.1 Å². The van der Waals surface area contributed by atoms with Crippen LogP contribution in [0, 0.1) is 12.8 Å². The molecule has 6 nitrogen and oxygen atoms in total. The molecule has 0 aliphatic rings. The maximum atomic E-state index is 12.5. The lowest BCUT2D eigenvalue weighted by Gasteiger charge is -2.21. The first-order chi connectivity index (χ1) is 15.6. The second kappa shape index (κ2) is 13.7. The minimum Gasteiger partial charge on any atom is -0.488 e. The van der Waals surface area contributed by atoms with Crippen LogP contribution >= 0.6 is 0 Å². The molecule has 0 aliphatic heterocycles. The molecule has 1 N–H and O–H groups in total. The van der Waals surface area contributed by atoms with Crippen molar-refractivity contribution in [3.63, 3.8) is 0 Å². The Labute approximate surface area is 198 Å². The molecule has 0 aliphatic carbocycles. The Hall–Kier alpha value is -2.73. The topological polar surface area (TPSA) is 69.9 Å². The van der Waals surface area contributed by atoms with Crippen LogP contribution in [0.4, 0.5) is 0 Å². The van der Waals surface area contributed by atoms with Gasteiger partial charge < -0.3 is 19.4 Å². The largest absolute Gasteiger partial charge is 0.488 e. The predicted molar refractivity (Wildman–Crippen MR) is 135 cm³/mol. The van der Waals surface area contributed by atoms with Crippen molar-refractivity contribution < 1.29 is 19.4 Å². The molecule has 1 aromatic heterocycles. The highest BCUT2D eigenvalue weighted by molar-refractivity contribution is 5.41. The van der Waals surface area contributed by atoms with Crippen LogP contribution in [0.2, 0.25) is 0 Å². The zero-order valence-corrected chi connectivity index (χ0v) is 21.7. The fourth-order valence-corrected chi connectivity index (χ4v) is 3.97. The molecule has 0 spiro atoms. The van der Waals surface area contributed by atoms with Crippen molar-refractivity contribution in [2.24, 2.45) is 5.92 Å². The molecule has 6 heteroatoms. The third-order valence-corrected chi connectivity index (χ3v) is 5.72. The normalized spacial score (nSPS) is 15.1. The number of nitrogens with zero attached hydrogens (tertiary/aromatic N) is 1. The van der Waals surface area contributed by atoms with Crippen LogP contribution in [0.1, 0.15) is 58.7 Å². The first kappa shape index (κ1) is 28.3. The number of allylic oxidation sites excluding steroid dienone is 6. The van der Waals surface area contributed by atoms with E-state index in [1.807, 2.05) is 13.0 Å². The Morgan fingerprint density at radius 2 is 1.79 bits per heavy atom. The van der Waals surface area contributed by atoms with Crippen LogP contribution in [0.3, 0.4) is 0 Å². The Morgan fingerprint density at radius 3 is 2.33 bits per heavy atom. The molecule has 0 aromatic carbocycles. The minimum atomic E-state index is -0.283. The molecular formula is C27H41NO5. The van der Waals surface area contributed by atoms with E-state index >= 15 is 0 Å². The molecular weight excluding hydrogens is 418 g/mol. The van der Waals surface area contributed by atoms with E-state index in [1.165, 1.54) is 25.4 Å². The fraction of sp³-hybridized carbons (Fsp3) is 0.519. The van der Waals surface area contributed by atoms with Gasteiger partial charge in [-0.15, -0.1) is 0 Å². The number of hydrogen-bond donors (Lipinski definition) is 1. The van der Waals surface area contributed by atoms with E-state index in [0.29, 0.717) is 17.7 Å². The zero-order valence-electron chi connectivity index (χ0n) is 21.7. The molecule has 2 atom stereocenters. The van der Waals surface area contributed by atoms with Crippen molar-refractivity contribution >= 4 is 0 Å². The second-order valence-corrected chi connectivity index (χ2v) is 8.40. The third-order valence-electron chi connectivity index (χ3n) is 5.72. The summed E-state index contributed by atoms with van der Waals surface area (Å²) in [5, 5.41) is 10.5. The van der Waals surface area contributed by atoms with E-state index in [4.69, 9.17) is 14.2 Å². The van der Waals surface area contributed by atoms with Gasteiger partial charge in [0.2, 0.25) is 11.2 Å². The van der Waals surface area contributed by atoms with Crippen molar-refractivity contribution in [2.45, 2.75) is 66.9 Å². The standard InChI is InChI=1S/C27H41NO5/c1-10-12-20(4)25(31-7)21(5)17-19(3)14-11-13-18(2)15-16-23-22(6)24(29)26(32-8)27(33-9)28(23)30/h11-12,14-15,17,21,25,30H,10,13,16H2,1-9H3/b14-11+,18-15+,19-17+,20-12+/t21-,25+/m0/s1. The van der Waals surface area contributed by atoms with Gasteiger partial charge in [-0.25, -0.2) is 0 Å². The van der Waals surface area contributed by atoms with Gasteiger partial charge in [-0.05, 0) is 46.1 Å². The summed E-state index contributed by atoms with van der Waals surface area (Å²) in [4.78, 5) is 12.5. The summed E-state index contributed by atoms with van der Waals surface area (Å²) in [5.41, 5.74) is 4.20. The molecule has 1 aromatic rings. The first-order valence-electron chi connectivity index (χ1n) is 11.4. The van der Waals surface area contributed by atoms with Crippen molar-refractivity contribution in [1.29, 1.82) is 0 Å². The highest BCUT2D eigenvalue weighted by Crippen LogP contribution is 2.25. The molecule has 0 fully saturated rings. The van der Waals surface area contributed by atoms with Crippen molar-refractivity contribution in [1.82, 2.24) is 4.73 Å². The summed E-state index contributed by atoms with van der Waals surface area (Å²) in [6.45, 7) is 12.2. The van der Waals surface area contributed by atoms with E-state index in [2.05, 4.69) is 52.0 Å². The van der Waals surface area contributed by atoms with E-state index < -0.39 is 0 Å². The molecule has 0 bridgehead atoms. The van der Waals surface area contributed by atoms with Crippen molar-refractivity contribution in [3.05, 3.63) is 68.6 Å². The summed E-state index contributed by atoms with van der Waals surface area (Å²) in [7, 11) is 4.53. The highest BCUT2D eigenvalue weighted by atomic mass is 16.6. The van der Waals surface area contributed by atoms with Crippen molar-refractivity contribution in [2.75, 3.05) is 21.3 Å². The second-order valence-electron chi connectivity index (χ2n) is 8.40. The Balaban J connectivity index is 2.91. The monoisotopic (exact) mass is 459 g/mol. The SMILES string of the molecule is CC/C=C(\C)[C@@H](OC)[C@@H](C)/C=C(C)/C=C/C/C(C)=C/Cc1c(C)c(=O)c(OC)c(OC)n1O. The van der Waals surface area contributed by atoms with Crippen LogP contribution in [0.25, 0.3) is 0 Å². The number of hydrogen-bond acceptors (Lipinski definition) is 5. The summed E-state index contributed by atoms with van der Waals surface area (Å²) in [6, 6.07) is 0. The molecule has 1 heterocycles. The summed E-state index contributed by atoms with van der Waals surface area (Å²) < 4.78 is 16.9. The molecule has 0 radical (unpaired) electrons. The van der Waals surface area contributed by atoms with Gasteiger partial charge in [-0.3, -0.25) is 4.79 Å². The summed E-state index contributed by atoms with van der Waals surface area (Å²) >= 11 is 0. The molecule has 0 unspecified atom stereocenters. The number of rotatable bonds is 12. The van der Waals surface area contributed by atoms with E-state index in [9.17, 15) is 10.0 Å². The summed E-state index contributed by atoms with van der Waals surface area (Å²) in [6.07, 6.45) is 12.9. The van der Waals surface area contributed by atoms with E-state index in [1.54, 1.807) is 14.0 Å². The molecule has 33 heavy (non-hydrogen) atoms. The van der Waals surface area contributed by atoms with Gasteiger partial charge in [0, 0.05) is 25.0 Å². The quantitative estimate of drug-likeness (QED) is 0.243. The lowest BCUT2D eigenvalue weighted by molar-refractivity contribution is 0.103. The van der Waals surface area contributed by atoms with Crippen LogP contribution < -0.4 is 14.9 Å². The van der Waals surface area contributed by atoms with Gasteiger partial charge in [0.1, 0.15) is 0 Å². The smallest absolute Gasteiger partial charge is 0.274 e. The number of pyridine rings is 1. The van der Waals surface area contributed by atoms with Gasteiger partial charge in [0.15, 0.2) is 0 Å². The highest BCUT2D eigenvalue weighted by Gasteiger charge is 2.20. The Bertz CT molecular complexity index is 966. The average molecular weight is 460 g/mol. The molecule has 0 saturated heterocycles. The number of aromatic nitrogens is 1. The first-order valence-corrected chi connectivity index (χ1v) is 11.4. The van der Waals surface area contributed by atoms with Crippen LogP contribution in [-0.4, -0.2) is 37.4 Å². The van der Waals surface area contributed by atoms with Gasteiger partial charge in [-0.2, -0.15) is 4.73 Å². The maximum Gasteiger partial charge on any atom is 0.274 e. The third kappa shape index (κ3) is 7.67. The maximum absolute atomic E-state index is 12.5. The lowest BCUT2D eigenvalue weighted by Crippen LogP contribution is -2.20. The fourth-order valence-electron chi connectivity index (χ4n) is 3.97. The molecule has 0 saturated carbocycles. The molecule has 1 rings (SSSR count). The van der Waals surface area contributed by atoms with Crippen molar-refractivity contribution in [3.8, 4) is 11.6 Å². The molecule has 0 amide bonds. The van der Waals surface area contributed by atoms with Crippen LogP contribution in [0.15, 0.2) is 51.9 Å². The number of methoxy groups -OCH3 is 3. The van der Waals surface area contributed by atoms with E-state index in [0.717, 1.165) is 23.1 Å². The van der Waals surface area contributed by atoms with Gasteiger partial charge in [-0.1, -0.05) is 55.4 Å². The molecule has 184 valence electrons. The van der Waals surface area contributed by atoms with Gasteiger partial charge in [0.25, 0.3) is 5.88 Å². The van der Waals surface area contributed by atoms with Crippen LogP contribution in [0.5, 0.6) is 11.6 Å². The Morgan fingerprint density at radius 1 is 1.12 bits per heavy atom. The van der Waals surface area contributed by atoms with Crippen LogP contribution in [-0.2, 0) is 11.2 Å². The minimum absolute atomic E-state index is 0.00214. The van der Waals surface area contributed by atoms with Gasteiger partial charge >= 0.3 is 0 Å². The average Bonchev–Trinajstić information content (AvgIpc) is 2.76. The lowest BCUT2D eigenvalue weighted by atomic mass is 9.95. The predicted octanol–water partition coefficient (Wildman–Crippen LogP) is 5.80. The Kier molecular flexibility index (Phi) is 11.8.